The maximum atomic E-state index is 12.0. The molecule has 0 aromatic carbocycles. The number of aromatic nitrogens is 2. The third-order valence-electron chi connectivity index (χ3n) is 4.55. The fourth-order valence-electron chi connectivity index (χ4n) is 2.96. The Hall–Kier alpha value is -0.960. The van der Waals surface area contributed by atoms with E-state index in [9.17, 15) is 8.42 Å². The van der Waals surface area contributed by atoms with E-state index in [1.165, 1.54) is 0 Å². The number of rotatable bonds is 6. The Kier molecular flexibility index (Phi) is 5.82. The fraction of sp³-hybridized carbons (Fsp3) is 0.625. The van der Waals surface area contributed by atoms with E-state index in [1.54, 1.807) is 31.4 Å². The average molecular weight is 403 g/mol. The first kappa shape index (κ1) is 18.8. The van der Waals surface area contributed by atoms with Gasteiger partial charge in [0.15, 0.2) is 10.8 Å². The van der Waals surface area contributed by atoms with Crippen molar-refractivity contribution < 1.29 is 8.42 Å². The van der Waals surface area contributed by atoms with E-state index in [0.29, 0.717) is 16.6 Å². The first-order chi connectivity index (χ1) is 11.8. The largest absolute Gasteiger partial charge is 0.361 e. The molecule has 0 atom stereocenters. The highest BCUT2D eigenvalue weighted by atomic mass is 35.5. The number of thiazole rings is 1. The van der Waals surface area contributed by atoms with Gasteiger partial charge in [0.1, 0.15) is 0 Å². The van der Waals surface area contributed by atoms with Crippen LogP contribution in [0.1, 0.15) is 39.5 Å². The van der Waals surface area contributed by atoms with Crippen LogP contribution in [0.2, 0.25) is 5.02 Å². The van der Waals surface area contributed by atoms with Crippen LogP contribution in [0.5, 0.6) is 0 Å². The first-order valence-electron chi connectivity index (χ1n) is 8.50. The Morgan fingerprint density at radius 2 is 2.04 bits per heavy atom. The summed E-state index contributed by atoms with van der Waals surface area (Å²) in [5.74, 6) is 0.531. The van der Waals surface area contributed by atoms with Gasteiger partial charge in [-0.15, -0.1) is 0 Å². The summed E-state index contributed by atoms with van der Waals surface area (Å²) in [6, 6.07) is 1.94. The molecule has 0 aliphatic heterocycles. The van der Waals surface area contributed by atoms with Crippen molar-refractivity contribution >= 4 is 48.4 Å². The van der Waals surface area contributed by atoms with E-state index in [2.05, 4.69) is 20.0 Å². The highest BCUT2D eigenvalue weighted by molar-refractivity contribution is 7.90. The van der Waals surface area contributed by atoms with Crippen molar-refractivity contribution in [3.63, 3.8) is 0 Å². The molecule has 1 aliphatic carbocycles. The fourth-order valence-corrected chi connectivity index (χ4v) is 5.02. The van der Waals surface area contributed by atoms with Crippen LogP contribution in [-0.4, -0.2) is 36.2 Å². The summed E-state index contributed by atoms with van der Waals surface area (Å²) >= 11 is 7.50. The molecule has 6 nitrogen and oxygen atoms in total. The first-order valence-corrected chi connectivity index (χ1v) is 11.2. The van der Waals surface area contributed by atoms with E-state index in [-0.39, 0.29) is 11.3 Å². The Balaban J connectivity index is 1.49. The molecular weight excluding hydrogens is 380 g/mol. The van der Waals surface area contributed by atoms with Gasteiger partial charge in [-0.2, -0.15) is 0 Å². The summed E-state index contributed by atoms with van der Waals surface area (Å²) in [6.45, 7) is 4.26. The van der Waals surface area contributed by atoms with E-state index in [1.807, 2.05) is 6.07 Å². The monoisotopic (exact) mass is 402 g/mol. The Labute approximate surface area is 157 Å². The average Bonchev–Trinajstić information content (AvgIpc) is 2.95. The van der Waals surface area contributed by atoms with Gasteiger partial charge in [-0.25, -0.2) is 23.1 Å². The molecular formula is C16H23ClN4O2S2. The lowest BCUT2D eigenvalue weighted by Crippen LogP contribution is -2.41. The molecule has 0 unspecified atom stereocenters. The number of sulfonamides is 1. The third-order valence-corrected chi connectivity index (χ3v) is 7.61. The molecule has 2 heterocycles. The predicted octanol–water partition coefficient (Wildman–Crippen LogP) is 3.64. The van der Waals surface area contributed by atoms with Crippen molar-refractivity contribution in [3.8, 4) is 0 Å². The predicted molar refractivity (Wildman–Crippen MR) is 104 cm³/mol. The zero-order valence-corrected chi connectivity index (χ0v) is 16.7. The van der Waals surface area contributed by atoms with Crippen molar-refractivity contribution in [3.05, 3.63) is 17.3 Å². The molecule has 3 rings (SSSR count). The summed E-state index contributed by atoms with van der Waals surface area (Å²) in [4.78, 5) is 8.68. The van der Waals surface area contributed by atoms with Crippen LogP contribution < -0.4 is 10.0 Å². The minimum absolute atomic E-state index is 0.0671. The van der Waals surface area contributed by atoms with Gasteiger partial charge >= 0.3 is 0 Å². The van der Waals surface area contributed by atoms with Crippen LogP contribution >= 0.6 is 22.9 Å². The van der Waals surface area contributed by atoms with Crippen molar-refractivity contribution in [2.75, 3.05) is 11.9 Å². The summed E-state index contributed by atoms with van der Waals surface area (Å²) in [6.07, 6.45) is 5.39. The Bertz CT molecular complexity index is 830. The zero-order chi connectivity index (χ0) is 18.0. The maximum Gasteiger partial charge on any atom is 0.214 e. The summed E-state index contributed by atoms with van der Waals surface area (Å²) in [7, 11) is -3.18. The third kappa shape index (κ3) is 4.81. The van der Waals surface area contributed by atoms with Crippen LogP contribution in [0.4, 0.5) is 5.13 Å². The number of nitrogens with zero attached hydrogens (tertiary/aromatic N) is 2. The van der Waals surface area contributed by atoms with Crippen LogP contribution in [0.15, 0.2) is 12.3 Å². The van der Waals surface area contributed by atoms with Crippen LogP contribution in [-0.2, 0) is 10.0 Å². The van der Waals surface area contributed by atoms with Crippen LogP contribution in [0.25, 0.3) is 10.3 Å². The summed E-state index contributed by atoms with van der Waals surface area (Å²) in [5, 5.41) is 4.48. The van der Waals surface area contributed by atoms with Crippen LogP contribution in [0, 0.1) is 5.92 Å². The smallest absolute Gasteiger partial charge is 0.214 e. The van der Waals surface area contributed by atoms with E-state index >= 15 is 0 Å². The second-order valence-electron chi connectivity index (χ2n) is 6.80. The van der Waals surface area contributed by atoms with Gasteiger partial charge in [0.25, 0.3) is 0 Å². The molecule has 25 heavy (non-hydrogen) atoms. The number of nitrogens with one attached hydrogen (secondary N) is 2. The number of halogens is 1. The molecule has 0 amide bonds. The topological polar surface area (TPSA) is 84.0 Å². The SMILES string of the molecule is CC(C)S(=O)(=O)NC1CCC(CNc2nc3ncc(Cl)cc3s2)CC1. The summed E-state index contributed by atoms with van der Waals surface area (Å²) < 4.78 is 27.7. The second-order valence-corrected chi connectivity index (χ2v) is 10.5. The standard InChI is InChI=1S/C16H23ClN4O2S2/c1-10(2)25(22,23)21-13-5-3-11(4-6-13)8-19-16-20-15-14(24-16)7-12(17)9-18-15/h7,9-11,13,21H,3-6,8H2,1-2H3,(H,18,19,20). The van der Waals surface area contributed by atoms with E-state index in [0.717, 1.165) is 42.1 Å². The van der Waals surface area contributed by atoms with Gasteiger partial charge in [0, 0.05) is 18.8 Å². The lowest BCUT2D eigenvalue weighted by atomic mass is 9.86. The molecule has 1 aliphatic rings. The van der Waals surface area contributed by atoms with E-state index < -0.39 is 10.0 Å². The molecule has 2 N–H and O–H groups in total. The molecule has 1 fully saturated rings. The zero-order valence-electron chi connectivity index (χ0n) is 14.3. The summed E-state index contributed by atoms with van der Waals surface area (Å²) in [5.41, 5.74) is 0.712. The van der Waals surface area contributed by atoms with Gasteiger partial charge in [-0.1, -0.05) is 22.9 Å². The molecule has 2 aromatic rings. The molecule has 0 saturated heterocycles. The second kappa shape index (κ2) is 7.73. The van der Waals surface area contributed by atoms with Gasteiger partial charge < -0.3 is 5.32 Å². The molecule has 0 bridgehead atoms. The Morgan fingerprint density at radius 1 is 1.32 bits per heavy atom. The highest BCUT2D eigenvalue weighted by Gasteiger charge is 2.26. The maximum absolute atomic E-state index is 12.0. The quantitative estimate of drug-likeness (QED) is 0.770. The lowest BCUT2D eigenvalue weighted by molar-refractivity contribution is 0.323. The number of fused-ring (bicyclic) bond motifs is 1. The lowest BCUT2D eigenvalue weighted by Gasteiger charge is -2.29. The van der Waals surface area contributed by atoms with Crippen LogP contribution in [0.3, 0.4) is 0 Å². The van der Waals surface area contributed by atoms with E-state index in [4.69, 9.17) is 11.6 Å². The van der Waals surface area contributed by atoms with Gasteiger partial charge in [0.05, 0.1) is 15.0 Å². The molecule has 138 valence electrons. The molecule has 9 heteroatoms. The Morgan fingerprint density at radius 3 is 2.72 bits per heavy atom. The highest BCUT2D eigenvalue weighted by Crippen LogP contribution is 2.29. The number of hydrogen-bond acceptors (Lipinski definition) is 6. The number of anilines is 1. The number of hydrogen-bond donors (Lipinski definition) is 2. The van der Waals surface area contributed by atoms with Crippen molar-refractivity contribution in [2.45, 2.75) is 50.8 Å². The van der Waals surface area contributed by atoms with Crippen molar-refractivity contribution in [1.82, 2.24) is 14.7 Å². The molecule has 2 aromatic heterocycles. The van der Waals surface area contributed by atoms with Crippen molar-refractivity contribution in [2.24, 2.45) is 5.92 Å². The molecule has 0 radical (unpaired) electrons. The number of pyridine rings is 1. The van der Waals surface area contributed by atoms with Gasteiger partial charge in [0.2, 0.25) is 10.0 Å². The molecule has 1 saturated carbocycles. The van der Waals surface area contributed by atoms with Crippen molar-refractivity contribution in [1.29, 1.82) is 0 Å². The molecule has 0 spiro atoms. The minimum Gasteiger partial charge on any atom is -0.361 e. The van der Waals surface area contributed by atoms with Gasteiger partial charge in [-0.05, 0) is 51.5 Å². The minimum atomic E-state index is -3.18. The normalized spacial score (nSPS) is 21.8. The van der Waals surface area contributed by atoms with Gasteiger partial charge in [-0.3, -0.25) is 0 Å².